The Labute approximate surface area is 116 Å². The van der Waals surface area contributed by atoms with Crippen LogP contribution in [0.15, 0.2) is 18.2 Å². The molecule has 20 heavy (non-hydrogen) atoms. The molecule has 0 amide bonds. The quantitative estimate of drug-likeness (QED) is 0.901. The number of carboxylic acid groups (broad SMARTS) is 1. The SMILES string of the molecule is CC(C)(Cn1nnc2c(C(=O)O)cccc21)S(C)(=O)=O. The van der Waals surface area contributed by atoms with Gasteiger partial charge in [0.15, 0.2) is 9.84 Å². The van der Waals surface area contributed by atoms with Gasteiger partial charge in [0.25, 0.3) is 0 Å². The zero-order valence-electron chi connectivity index (χ0n) is 11.4. The van der Waals surface area contributed by atoms with E-state index in [1.165, 1.54) is 10.7 Å². The summed E-state index contributed by atoms with van der Waals surface area (Å²) >= 11 is 0. The molecule has 0 unspecified atom stereocenters. The van der Waals surface area contributed by atoms with Gasteiger partial charge in [-0.3, -0.25) is 0 Å². The predicted octanol–water partition coefficient (Wildman–Crippen LogP) is 0.953. The smallest absolute Gasteiger partial charge is 0.338 e. The maximum atomic E-state index is 11.7. The lowest BCUT2D eigenvalue weighted by Gasteiger charge is -2.22. The molecule has 2 aromatic rings. The minimum atomic E-state index is -3.28. The number of nitrogens with zero attached hydrogens (tertiary/aromatic N) is 3. The second-order valence-corrected chi connectivity index (χ2v) is 7.91. The average Bonchev–Trinajstić information content (AvgIpc) is 2.70. The fraction of sp³-hybridized carbons (Fsp3) is 0.417. The van der Waals surface area contributed by atoms with Crippen molar-refractivity contribution in [3.05, 3.63) is 23.8 Å². The van der Waals surface area contributed by atoms with Gasteiger partial charge in [0.2, 0.25) is 0 Å². The average molecular weight is 297 g/mol. The summed E-state index contributed by atoms with van der Waals surface area (Å²) in [5.41, 5.74) is 0.803. The number of hydrogen-bond donors (Lipinski definition) is 1. The Morgan fingerprint density at radius 2 is 2.05 bits per heavy atom. The van der Waals surface area contributed by atoms with Crippen molar-refractivity contribution in [2.45, 2.75) is 25.1 Å². The van der Waals surface area contributed by atoms with E-state index >= 15 is 0 Å². The summed E-state index contributed by atoms with van der Waals surface area (Å²) in [6, 6.07) is 4.69. The summed E-state index contributed by atoms with van der Waals surface area (Å²) < 4.78 is 23.9. The molecular formula is C12H15N3O4S. The maximum absolute atomic E-state index is 11.7. The van der Waals surface area contributed by atoms with Gasteiger partial charge in [0, 0.05) is 6.26 Å². The van der Waals surface area contributed by atoms with Crippen LogP contribution in [0.4, 0.5) is 0 Å². The van der Waals surface area contributed by atoms with E-state index in [1.54, 1.807) is 26.0 Å². The number of aromatic carboxylic acids is 1. The van der Waals surface area contributed by atoms with E-state index in [-0.39, 0.29) is 17.6 Å². The maximum Gasteiger partial charge on any atom is 0.338 e. The minimum Gasteiger partial charge on any atom is -0.478 e. The topological polar surface area (TPSA) is 102 Å². The molecule has 2 rings (SSSR count). The zero-order chi connectivity index (χ0) is 15.1. The fourth-order valence-electron chi connectivity index (χ4n) is 1.76. The Kier molecular flexibility index (Phi) is 3.29. The second-order valence-electron chi connectivity index (χ2n) is 5.26. The van der Waals surface area contributed by atoms with Crippen LogP contribution in [-0.4, -0.2) is 45.5 Å². The lowest BCUT2D eigenvalue weighted by Crippen LogP contribution is -2.36. The zero-order valence-corrected chi connectivity index (χ0v) is 12.2. The van der Waals surface area contributed by atoms with Gasteiger partial charge in [0.1, 0.15) is 5.52 Å². The van der Waals surface area contributed by atoms with E-state index in [2.05, 4.69) is 10.3 Å². The van der Waals surface area contributed by atoms with Gasteiger partial charge in [-0.15, -0.1) is 5.10 Å². The Hall–Kier alpha value is -1.96. The van der Waals surface area contributed by atoms with Crippen LogP contribution in [0.2, 0.25) is 0 Å². The third-order valence-electron chi connectivity index (χ3n) is 3.31. The monoisotopic (exact) mass is 297 g/mol. The minimum absolute atomic E-state index is 0.0471. The number of carbonyl (C=O) groups is 1. The molecule has 0 saturated heterocycles. The van der Waals surface area contributed by atoms with E-state index in [1.807, 2.05) is 0 Å². The lowest BCUT2D eigenvalue weighted by atomic mass is 10.1. The highest BCUT2D eigenvalue weighted by Gasteiger charge is 2.32. The Morgan fingerprint density at radius 3 is 2.60 bits per heavy atom. The molecular weight excluding hydrogens is 282 g/mol. The van der Waals surface area contributed by atoms with Crippen LogP contribution >= 0.6 is 0 Å². The Bertz CT molecular complexity index is 777. The molecule has 0 aliphatic rings. The molecule has 0 bridgehead atoms. The summed E-state index contributed by atoms with van der Waals surface area (Å²) in [6.45, 7) is 3.29. The van der Waals surface area contributed by atoms with E-state index in [0.29, 0.717) is 5.52 Å². The third kappa shape index (κ3) is 2.38. The molecule has 1 aromatic carbocycles. The van der Waals surface area contributed by atoms with Crippen molar-refractivity contribution in [2.75, 3.05) is 6.26 Å². The normalized spacial score (nSPS) is 12.8. The number of aromatic nitrogens is 3. The van der Waals surface area contributed by atoms with Crippen LogP contribution in [0.3, 0.4) is 0 Å². The molecule has 0 fully saturated rings. The first-order valence-corrected chi connectivity index (χ1v) is 7.78. The highest BCUT2D eigenvalue weighted by atomic mass is 32.2. The van der Waals surface area contributed by atoms with Crippen LogP contribution in [0, 0.1) is 0 Å². The van der Waals surface area contributed by atoms with Crippen LogP contribution in [-0.2, 0) is 16.4 Å². The van der Waals surface area contributed by atoms with Gasteiger partial charge in [-0.25, -0.2) is 17.9 Å². The van der Waals surface area contributed by atoms with E-state index in [4.69, 9.17) is 5.11 Å². The summed E-state index contributed by atoms with van der Waals surface area (Å²) in [4.78, 5) is 11.1. The van der Waals surface area contributed by atoms with E-state index < -0.39 is 20.6 Å². The standard InChI is InChI=1S/C12H15N3O4S/c1-12(2,20(3,18)19)7-15-9-6-4-5-8(11(16)17)10(9)13-14-15/h4-6H,7H2,1-3H3,(H,16,17). The van der Waals surface area contributed by atoms with Gasteiger partial charge in [-0.2, -0.15) is 0 Å². The number of benzene rings is 1. The molecule has 8 heteroatoms. The summed E-state index contributed by atoms with van der Waals surface area (Å²) in [6.07, 6.45) is 1.16. The van der Waals surface area contributed by atoms with Gasteiger partial charge in [-0.1, -0.05) is 11.3 Å². The molecule has 0 aliphatic heterocycles. The Balaban J connectivity index is 2.53. The van der Waals surface area contributed by atoms with E-state index in [0.717, 1.165) is 6.26 Å². The van der Waals surface area contributed by atoms with Crippen molar-refractivity contribution in [3.63, 3.8) is 0 Å². The van der Waals surface area contributed by atoms with Crippen molar-refractivity contribution in [2.24, 2.45) is 0 Å². The number of hydrogen-bond acceptors (Lipinski definition) is 5. The largest absolute Gasteiger partial charge is 0.478 e. The van der Waals surface area contributed by atoms with Crippen LogP contribution in [0.1, 0.15) is 24.2 Å². The summed E-state index contributed by atoms with van der Waals surface area (Å²) in [7, 11) is -3.28. The number of fused-ring (bicyclic) bond motifs is 1. The summed E-state index contributed by atoms with van der Waals surface area (Å²) in [5, 5.41) is 16.8. The molecule has 1 N–H and O–H groups in total. The molecule has 7 nitrogen and oxygen atoms in total. The number of carboxylic acids is 1. The molecule has 0 aliphatic carbocycles. The van der Waals surface area contributed by atoms with Gasteiger partial charge in [0.05, 0.1) is 22.4 Å². The fourth-order valence-corrected chi connectivity index (χ4v) is 2.12. The molecule has 0 spiro atoms. The highest BCUT2D eigenvalue weighted by molar-refractivity contribution is 7.92. The van der Waals surface area contributed by atoms with Gasteiger partial charge < -0.3 is 5.11 Å². The van der Waals surface area contributed by atoms with Gasteiger partial charge >= 0.3 is 5.97 Å². The highest BCUT2D eigenvalue weighted by Crippen LogP contribution is 2.22. The predicted molar refractivity (Wildman–Crippen MR) is 73.4 cm³/mol. The first kappa shape index (κ1) is 14.4. The van der Waals surface area contributed by atoms with Crippen molar-refractivity contribution in [1.29, 1.82) is 0 Å². The third-order valence-corrected chi connectivity index (χ3v) is 5.45. The van der Waals surface area contributed by atoms with Crippen molar-refractivity contribution in [3.8, 4) is 0 Å². The number of sulfone groups is 1. The first-order chi connectivity index (χ1) is 9.13. The molecule has 108 valence electrons. The molecule has 0 radical (unpaired) electrons. The van der Waals surface area contributed by atoms with Gasteiger partial charge in [-0.05, 0) is 26.0 Å². The second kappa shape index (κ2) is 4.55. The Morgan fingerprint density at radius 1 is 1.40 bits per heavy atom. The van der Waals surface area contributed by atoms with Crippen molar-refractivity contribution >= 4 is 26.8 Å². The lowest BCUT2D eigenvalue weighted by molar-refractivity contribution is 0.0699. The van der Waals surface area contributed by atoms with E-state index in [9.17, 15) is 13.2 Å². The van der Waals surface area contributed by atoms with Crippen molar-refractivity contribution in [1.82, 2.24) is 15.0 Å². The van der Waals surface area contributed by atoms with Crippen molar-refractivity contribution < 1.29 is 18.3 Å². The summed E-state index contributed by atoms with van der Waals surface area (Å²) in [5.74, 6) is -1.09. The molecule has 0 saturated carbocycles. The number of rotatable bonds is 4. The molecule has 1 aromatic heterocycles. The van der Waals surface area contributed by atoms with Crippen LogP contribution in [0.5, 0.6) is 0 Å². The molecule has 1 heterocycles. The van der Waals surface area contributed by atoms with Crippen LogP contribution in [0.25, 0.3) is 11.0 Å². The van der Waals surface area contributed by atoms with Crippen LogP contribution < -0.4 is 0 Å². The first-order valence-electron chi connectivity index (χ1n) is 5.88. The molecule has 0 atom stereocenters.